The number of carbonyl (C=O) groups is 2. The Balaban J connectivity index is 1.67. The molecule has 1 amide bonds. The Morgan fingerprint density at radius 3 is 2.61 bits per heavy atom. The van der Waals surface area contributed by atoms with Crippen molar-refractivity contribution in [2.24, 2.45) is 0 Å². The van der Waals surface area contributed by atoms with Gasteiger partial charge in [-0.05, 0) is 72.9 Å². The predicted octanol–water partition coefficient (Wildman–Crippen LogP) is 4.71. The van der Waals surface area contributed by atoms with Crippen LogP contribution in [0.3, 0.4) is 0 Å². The highest BCUT2D eigenvalue weighted by Gasteiger charge is 2.42. The van der Waals surface area contributed by atoms with E-state index in [1.165, 1.54) is 6.92 Å². The maximum Gasteiger partial charge on any atom is 0.335 e. The molecule has 10 heteroatoms. The normalized spacial score (nSPS) is 16.7. The summed E-state index contributed by atoms with van der Waals surface area (Å²) in [5, 5.41) is 16.3. The highest BCUT2D eigenvalue weighted by Crippen LogP contribution is 2.43. The van der Waals surface area contributed by atoms with Crippen LogP contribution in [0.4, 0.5) is 11.4 Å². The third-order valence-corrected chi connectivity index (χ3v) is 6.64. The molecule has 1 saturated heterocycles. The average Bonchev–Trinajstić information content (AvgIpc) is 3.53. The van der Waals surface area contributed by atoms with Crippen LogP contribution >= 0.6 is 12.2 Å². The number of amides is 1. The zero-order valence-electron chi connectivity index (χ0n) is 20.7. The molecule has 192 valence electrons. The van der Waals surface area contributed by atoms with E-state index in [-0.39, 0.29) is 23.6 Å². The Hall–Kier alpha value is -4.70. The molecule has 0 radical (unpaired) electrons. The van der Waals surface area contributed by atoms with Gasteiger partial charge in [0.1, 0.15) is 11.8 Å². The van der Waals surface area contributed by atoms with E-state index in [4.69, 9.17) is 17.0 Å². The second-order valence-electron chi connectivity index (χ2n) is 8.72. The number of carboxylic acid groups (broad SMARTS) is 1. The molecule has 9 nitrogen and oxygen atoms in total. The molecule has 0 spiro atoms. The van der Waals surface area contributed by atoms with Gasteiger partial charge in [0, 0.05) is 36.4 Å². The number of nitrogens with zero attached hydrogens (tertiary/aromatic N) is 3. The third kappa shape index (κ3) is 4.69. The molecule has 5 rings (SSSR count). The van der Waals surface area contributed by atoms with Crippen LogP contribution in [0.15, 0.2) is 85.2 Å². The molecular formula is C28H25N5O4S. The zero-order chi connectivity index (χ0) is 26.8. The number of aromatic carboxylic acids is 1. The Bertz CT molecular complexity index is 1520. The second-order valence-corrected chi connectivity index (χ2v) is 9.11. The number of pyridine rings is 1. The van der Waals surface area contributed by atoms with Gasteiger partial charge in [-0.25, -0.2) is 4.79 Å². The summed E-state index contributed by atoms with van der Waals surface area (Å²) in [5.74, 6) is -0.702. The number of thiocarbonyl (C=S) groups is 1. The number of benzene rings is 2. The van der Waals surface area contributed by atoms with Crippen molar-refractivity contribution >= 4 is 40.6 Å². The van der Waals surface area contributed by atoms with Crippen LogP contribution in [0.5, 0.6) is 5.75 Å². The zero-order valence-corrected chi connectivity index (χ0v) is 21.5. The molecule has 0 bridgehead atoms. The highest BCUT2D eigenvalue weighted by atomic mass is 32.1. The molecule has 0 unspecified atom stereocenters. The van der Waals surface area contributed by atoms with Crippen molar-refractivity contribution in [1.29, 1.82) is 0 Å². The lowest BCUT2D eigenvalue weighted by molar-refractivity contribution is -0.114. The number of carboxylic acids is 1. The van der Waals surface area contributed by atoms with Gasteiger partial charge in [0.15, 0.2) is 5.11 Å². The summed E-state index contributed by atoms with van der Waals surface area (Å²) in [5.41, 5.74) is 3.82. The Kier molecular flexibility index (Phi) is 6.80. The summed E-state index contributed by atoms with van der Waals surface area (Å²) < 4.78 is 7.40. The van der Waals surface area contributed by atoms with Gasteiger partial charge in [-0.1, -0.05) is 12.1 Å². The lowest BCUT2D eigenvalue weighted by Crippen LogP contribution is -2.30. The van der Waals surface area contributed by atoms with Crippen LogP contribution in [0.2, 0.25) is 0 Å². The molecule has 2 aromatic carbocycles. The van der Waals surface area contributed by atoms with Crippen molar-refractivity contribution in [3.8, 4) is 11.4 Å². The minimum atomic E-state index is -0.999. The van der Waals surface area contributed by atoms with Crippen LogP contribution in [0, 0.1) is 0 Å². The van der Waals surface area contributed by atoms with Crippen LogP contribution < -0.4 is 20.3 Å². The Morgan fingerprint density at radius 2 is 1.89 bits per heavy atom. The number of carbonyl (C=O) groups excluding carboxylic acids is 1. The summed E-state index contributed by atoms with van der Waals surface area (Å²) in [7, 11) is 1.54. The first kappa shape index (κ1) is 25.0. The van der Waals surface area contributed by atoms with E-state index >= 15 is 0 Å². The fourth-order valence-corrected chi connectivity index (χ4v) is 5.07. The van der Waals surface area contributed by atoms with Gasteiger partial charge in [0.2, 0.25) is 5.91 Å². The van der Waals surface area contributed by atoms with Gasteiger partial charge in [-0.2, -0.15) is 0 Å². The number of nitrogens with one attached hydrogen (secondary N) is 2. The molecule has 1 fully saturated rings. The summed E-state index contributed by atoms with van der Waals surface area (Å²) in [6, 6.07) is 21.2. The summed E-state index contributed by atoms with van der Waals surface area (Å²) >= 11 is 5.84. The number of rotatable bonds is 7. The Labute approximate surface area is 224 Å². The van der Waals surface area contributed by atoms with Gasteiger partial charge < -0.3 is 29.9 Å². The van der Waals surface area contributed by atoms with E-state index in [1.807, 2.05) is 64.2 Å². The number of hydrogen-bond acceptors (Lipinski definition) is 5. The number of hydrogen-bond donors (Lipinski definition) is 3. The summed E-state index contributed by atoms with van der Waals surface area (Å²) in [4.78, 5) is 30.1. The van der Waals surface area contributed by atoms with E-state index in [2.05, 4.69) is 15.6 Å². The standard InChI is InChI=1S/C28H25N5O4S/c1-17(34)30-22-16-20(11-12-24(22)37-2)33-26(25(31-28(33)38)21-9-3-4-13-29-21)23-10-6-14-32(23)19-8-5-7-18(15-19)27(35)36/h3-16,25-26H,1-2H3,(H,30,34)(H,31,38)(H,35,36)/t25-,26+/m0/s1. The monoisotopic (exact) mass is 527 g/mol. The molecule has 4 aromatic rings. The molecule has 1 aliphatic rings. The minimum absolute atomic E-state index is 0.190. The van der Waals surface area contributed by atoms with E-state index in [9.17, 15) is 14.7 Å². The first-order valence-electron chi connectivity index (χ1n) is 11.8. The van der Waals surface area contributed by atoms with Gasteiger partial charge in [-0.3, -0.25) is 9.78 Å². The average molecular weight is 528 g/mol. The molecule has 0 saturated carbocycles. The van der Waals surface area contributed by atoms with Gasteiger partial charge in [0.25, 0.3) is 0 Å². The van der Waals surface area contributed by atoms with E-state index in [0.29, 0.717) is 22.2 Å². The van der Waals surface area contributed by atoms with E-state index in [0.717, 1.165) is 17.1 Å². The predicted molar refractivity (Wildman–Crippen MR) is 148 cm³/mol. The SMILES string of the molecule is COc1ccc(N2C(=S)N[C@@H](c3ccccn3)[C@H]2c2cccn2-c2cccc(C(=O)O)c2)cc1NC(C)=O. The molecule has 38 heavy (non-hydrogen) atoms. The topological polar surface area (TPSA) is 109 Å². The molecule has 1 aliphatic heterocycles. The van der Waals surface area contributed by atoms with Crippen molar-refractivity contribution in [3.63, 3.8) is 0 Å². The maximum atomic E-state index is 11.9. The van der Waals surface area contributed by atoms with Crippen molar-refractivity contribution in [2.45, 2.75) is 19.0 Å². The largest absolute Gasteiger partial charge is 0.495 e. The number of methoxy groups -OCH3 is 1. The summed E-state index contributed by atoms with van der Waals surface area (Å²) in [6.45, 7) is 1.44. The highest BCUT2D eigenvalue weighted by molar-refractivity contribution is 7.80. The summed E-state index contributed by atoms with van der Waals surface area (Å²) in [6.07, 6.45) is 3.62. The van der Waals surface area contributed by atoms with Crippen LogP contribution in [0.1, 0.15) is 40.8 Å². The molecule has 0 aliphatic carbocycles. The molecule has 2 aromatic heterocycles. The van der Waals surface area contributed by atoms with Crippen LogP contribution in [-0.4, -0.2) is 38.8 Å². The maximum absolute atomic E-state index is 11.9. The molecular weight excluding hydrogens is 502 g/mol. The van der Waals surface area contributed by atoms with Crippen LogP contribution in [-0.2, 0) is 4.79 Å². The second kappa shape index (κ2) is 10.3. The van der Waals surface area contributed by atoms with Crippen LogP contribution in [0.25, 0.3) is 5.69 Å². The fourth-order valence-electron chi connectivity index (χ4n) is 4.73. The van der Waals surface area contributed by atoms with Gasteiger partial charge >= 0.3 is 5.97 Å². The minimum Gasteiger partial charge on any atom is -0.495 e. The van der Waals surface area contributed by atoms with Crippen molar-refractivity contribution in [1.82, 2.24) is 14.9 Å². The van der Waals surface area contributed by atoms with Crippen molar-refractivity contribution in [3.05, 3.63) is 102 Å². The lowest BCUT2D eigenvalue weighted by atomic mass is 10.0. The molecule has 3 N–H and O–H groups in total. The van der Waals surface area contributed by atoms with Gasteiger partial charge in [0.05, 0.1) is 30.1 Å². The number of ether oxygens (including phenoxy) is 1. The van der Waals surface area contributed by atoms with E-state index in [1.54, 1.807) is 37.6 Å². The molecule has 3 heterocycles. The lowest BCUT2D eigenvalue weighted by Gasteiger charge is -2.29. The number of anilines is 2. The van der Waals surface area contributed by atoms with Gasteiger partial charge in [-0.15, -0.1) is 0 Å². The van der Waals surface area contributed by atoms with Crippen molar-refractivity contribution < 1.29 is 19.4 Å². The number of aromatic nitrogens is 2. The smallest absolute Gasteiger partial charge is 0.335 e. The van der Waals surface area contributed by atoms with E-state index < -0.39 is 5.97 Å². The Morgan fingerprint density at radius 1 is 1.05 bits per heavy atom. The first-order valence-corrected chi connectivity index (χ1v) is 12.3. The quantitative estimate of drug-likeness (QED) is 0.297. The third-order valence-electron chi connectivity index (χ3n) is 6.32. The van der Waals surface area contributed by atoms with Crippen molar-refractivity contribution in [2.75, 3.05) is 17.3 Å². The molecule has 2 atom stereocenters. The first-order chi connectivity index (χ1) is 18.4. The fraction of sp³-hybridized carbons (Fsp3) is 0.143.